The molecule has 0 spiro atoms. The number of hydrogen-bond donors (Lipinski definition) is 1. The summed E-state index contributed by atoms with van der Waals surface area (Å²) in [5, 5.41) is 8.37. The van der Waals surface area contributed by atoms with Gasteiger partial charge < -0.3 is 5.11 Å². The van der Waals surface area contributed by atoms with Gasteiger partial charge in [0.1, 0.15) is 0 Å². The van der Waals surface area contributed by atoms with Crippen molar-refractivity contribution >= 4 is 5.97 Å². The molecule has 13 heavy (non-hydrogen) atoms. The number of hydrogen-bond acceptors (Lipinski definition) is 1. The zero-order valence-electron chi connectivity index (χ0n) is 9.00. The molecule has 1 unspecified atom stereocenters. The first-order chi connectivity index (χ1) is 5.81. The van der Waals surface area contributed by atoms with Gasteiger partial charge >= 0.3 is 5.97 Å². The van der Waals surface area contributed by atoms with Crippen LogP contribution in [0.4, 0.5) is 0 Å². The summed E-state index contributed by atoms with van der Waals surface area (Å²) in [5.74, 6) is -0.307. The van der Waals surface area contributed by atoms with Gasteiger partial charge in [-0.05, 0) is 24.2 Å². The highest BCUT2D eigenvalue weighted by atomic mass is 16.4. The Morgan fingerprint density at radius 1 is 1.46 bits per heavy atom. The molecule has 0 aliphatic heterocycles. The maximum atomic E-state index is 10.2. The van der Waals surface area contributed by atoms with Gasteiger partial charge in [0.15, 0.2) is 0 Å². The molecule has 0 rings (SSSR count). The third-order valence-electron chi connectivity index (χ3n) is 1.76. The van der Waals surface area contributed by atoms with Crippen LogP contribution in [0.2, 0.25) is 0 Å². The molecule has 0 aromatic rings. The van der Waals surface area contributed by atoms with Gasteiger partial charge in [-0.15, -0.1) is 0 Å². The van der Waals surface area contributed by atoms with E-state index in [4.69, 9.17) is 5.11 Å². The van der Waals surface area contributed by atoms with Crippen molar-refractivity contribution in [2.75, 3.05) is 0 Å². The van der Waals surface area contributed by atoms with E-state index in [1.54, 1.807) is 6.08 Å². The van der Waals surface area contributed by atoms with Crippen LogP contribution in [0, 0.1) is 11.3 Å². The summed E-state index contributed by atoms with van der Waals surface area (Å²) in [5.41, 5.74) is 0.330. The Balaban J connectivity index is 3.76. The van der Waals surface area contributed by atoms with Crippen LogP contribution in [0.3, 0.4) is 0 Å². The highest BCUT2D eigenvalue weighted by Gasteiger charge is 2.13. The van der Waals surface area contributed by atoms with Crippen molar-refractivity contribution in [2.24, 2.45) is 11.3 Å². The lowest BCUT2D eigenvalue weighted by atomic mass is 9.84. The highest BCUT2D eigenvalue weighted by Crippen LogP contribution is 2.25. The predicted octanol–water partition coefficient (Wildman–Crippen LogP) is 3.09. The molecule has 0 radical (unpaired) electrons. The minimum Gasteiger partial charge on any atom is -0.478 e. The van der Waals surface area contributed by atoms with Crippen LogP contribution in [0.1, 0.15) is 40.5 Å². The van der Waals surface area contributed by atoms with E-state index in [1.165, 1.54) is 6.08 Å². The van der Waals surface area contributed by atoms with Crippen molar-refractivity contribution in [1.29, 1.82) is 0 Å². The lowest BCUT2D eigenvalue weighted by molar-refractivity contribution is -0.131. The lowest BCUT2D eigenvalue weighted by Gasteiger charge is -2.22. The zero-order valence-corrected chi connectivity index (χ0v) is 9.00. The normalized spacial score (nSPS) is 14.8. The van der Waals surface area contributed by atoms with E-state index in [2.05, 4.69) is 27.7 Å². The zero-order chi connectivity index (χ0) is 10.5. The van der Waals surface area contributed by atoms with Crippen LogP contribution in [-0.4, -0.2) is 11.1 Å². The van der Waals surface area contributed by atoms with Crippen molar-refractivity contribution < 1.29 is 9.90 Å². The van der Waals surface area contributed by atoms with E-state index in [0.29, 0.717) is 11.3 Å². The largest absolute Gasteiger partial charge is 0.478 e. The molecular weight excluding hydrogens is 164 g/mol. The molecule has 1 N–H and O–H groups in total. The van der Waals surface area contributed by atoms with Crippen molar-refractivity contribution in [3.63, 3.8) is 0 Å². The van der Waals surface area contributed by atoms with Gasteiger partial charge in [-0.1, -0.05) is 33.8 Å². The molecule has 0 fully saturated rings. The van der Waals surface area contributed by atoms with Crippen LogP contribution < -0.4 is 0 Å². The molecule has 0 amide bonds. The fourth-order valence-corrected chi connectivity index (χ4v) is 1.53. The summed E-state index contributed by atoms with van der Waals surface area (Å²) in [4.78, 5) is 10.2. The molecule has 0 aliphatic rings. The fraction of sp³-hybridized carbons (Fsp3) is 0.727. The van der Waals surface area contributed by atoms with E-state index in [1.807, 2.05) is 0 Å². The number of carboxylic acids is 1. The van der Waals surface area contributed by atoms with Gasteiger partial charge in [-0.3, -0.25) is 0 Å². The van der Waals surface area contributed by atoms with Gasteiger partial charge in [0.2, 0.25) is 0 Å². The molecule has 0 heterocycles. The number of carboxylic acid groups (broad SMARTS) is 1. The van der Waals surface area contributed by atoms with Gasteiger partial charge in [-0.2, -0.15) is 0 Å². The highest BCUT2D eigenvalue weighted by molar-refractivity contribution is 5.79. The molecule has 0 aliphatic carbocycles. The van der Waals surface area contributed by atoms with Crippen LogP contribution in [-0.2, 0) is 4.79 Å². The first kappa shape index (κ1) is 12.2. The second-order valence-electron chi connectivity index (χ2n) is 4.85. The predicted molar refractivity (Wildman–Crippen MR) is 54.6 cm³/mol. The van der Waals surface area contributed by atoms with Crippen LogP contribution in [0.25, 0.3) is 0 Å². The monoisotopic (exact) mass is 184 g/mol. The quantitative estimate of drug-likeness (QED) is 0.682. The first-order valence-electron chi connectivity index (χ1n) is 4.71. The second kappa shape index (κ2) is 5.05. The number of carbonyl (C=O) groups is 1. The second-order valence-corrected chi connectivity index (χ2v) is 4.85. The standard InChI is InChI=1S/C11H20O2/c1-9(8-11(2,3)4)6-5-7-10(12)13/h5,7,9H,6,8H2,1-4H3,(H,12,13). The van der Waals surface area contributed by atoms with Crippen LogP contribution in [0.15, 0.2) is 12.2 Å². The van der Waals surface area contributed by atoms with Crippen molar-refractivity contribution in [1.82, 2.24) is 0 Å². The Labute approximate surface area is 80.7 Å². The first-order valence-corrected chi connectivity index (χ1v) is 4.71. The molecule has 0 saturated heterocycles. The summed E-state index contributed by atoms with van der Waals surface area (Å²) in [6.45, 7) is 8.75. The molecule has 2 nitrogen and oxygen atoms in total. The fourth-order valence-electron chi connectivity index (χ4n) is 1.53. The maximum Gasteiger partial charge on any atom is 0.327 e. The van der Waals surface area contributed by atoms with Gasteiger partial charge in [-0.25, -0.2) is 4.79 Å². The Bertz CT molecular complexity index is 187. The molecule has 1 atom stereocenters. The maximum absolute atomic E-state index is 10.2. The van der Waals surface area contributed by atoms with Crippen molar-refractivity contribution in [2.45, 2.75) is 40.5 Å². The van der Waals surface area contributed by atoms with Crippen molar-refractivity contribution in [3.8, 4) is 0 Å². The number of aliphatic carboxylic acids is 1. The summed E-state index contributed by atoms with van der Waals surface area (Å²) in [6, 6.07) is 0. The van der Waals surface area contributed by atoms with E-state index < -0.39 is 5.97 Å². The molecule has 0 bridgehead atoms. The van der Waals surface area contributed by atoms with E-state index in [-0.39, 0.29) is 0 Å². The summed E-state index contributed by atoms with van der Waals surface area (Å²) < 4.78 is 0. The average Bonchev–Trinajstić information content (AvgIpc) is 1.81. The Kier molecular flexibility index (Phi) is 4.74. The van der Waals surface area contributed by atoms with Gasteiger partial charge in [0.05, 0.1) is 0 Å². The minimum absolute atomic E-state index is 0.330. The van der Waals surface area contributed by atoms with E-state index in [0.717, 1.165) is 12.8 Å². The minimum atomic E-state index is -0.858. The molecule has 2 heteroatoms. The summed E-state index contributed by atoms with van der Waals surface area (Å²) >= 11 is 0. The van der Waals surface area contributed by atoms with Crippen molar-refractivity contribution in [3.05, 3.63) is 12.2 Å². The molecular formula is C11H20O2. The smallest absolute Gasteiger partial charge is 0.327 e. The third kappa shape index (κ3) is 9.12. The Morgan fingerprint density at radius 2 is 2.00 bits per heavy atom. The van der Waals surface area contributed by atoms with Gasteiger partial charge in [0, 0.05) is 6.08 Å². The molecule has 0 aromatic carbocycles. The Hall–Kier alpha value is -0.790. The summed E-state index contributed by atoms with van der Waals surface area (Å²) in [6.07, 6.45) is 4.93. The lowest BCUT2D eigenvalue weighted by Crippen LogP contribution is -2.10. The molecule has 76 valence electrons. The van der Waals surface area contributed by atoms with Gasteiger partial charge in [0.25, 0.3) is 0 Å². The van der Waals surface area contributed by atoms with Crippen LogP contribution in [0.5, 0.6) is 0 Å². The topological polar surface area (TPSA) is 37.3 Å². The Morgan fingerprint density at radius 3 is 2.38 bits per heavy atom. The average molecular weight is 184 g/mol. The van der Waals surface area contributed by atoms with Crippen LogP contribution >= 0.6 is 0 Å². The summed E-state index contributed by atoms with van der Waals surface area (Å²) in [7, 11) is 0. The number of rotatable bonds is 4. The third-order valence-corrected chi connectivity index (χ3v) is 1.76. The molecule has 0 saturated carbocycles. The van der Waals surface area contributed by atoms with E-state index in [9.17, 15) is 4.79 Å². The number of allylic oxidation sites excluding steroid dienone is 1. The SMILES string of the molecule is CC(CC=CC(=O)O)CC(C)(C)C. The molecule has 0 aromatic heterocycles. The van der Waals surface area contributed by atoms with E-state index >= 15 is 0 Å².